The third-order valence-corrected chi connectivity index (χ3v) is 4.73. The smallest absolute Gasteiger partial charge is 0.338 e. The standard InChI is InChI=1S/C21H24O8/c1-12-9-14(27-10-13-5-3-2-4-6-13)7-8-15(12)20(25)28-11-16-17(22)18(23)19(24)21(26)29-16/h2-9,16-19,21-24,26H,10-11H2,1H3/t16-,17+,18+,19-,21?/m1/s1. The molecule has 0 bridgehead atoms. The molecule has 1 unspecified atom stereocenters. The van der Waals surface area contributed by atoms with Gasteiger partial charge in [-0.25, -0.2) is 4.79 Å². The number of hydrogen-bond acceptors (Lipinski definition) is 8. The zero-order valence-electron chi connectivity index (χ0n) is 15.8. The molecule has 8 nitrogen and oxygen atoms in total. The van der Waals surface area contributed by atoms with Gasteiger partial charge in [-0.2, -0.15) is 0 Å². The number of aliphatic hydroxyl groups is 4. The lowest BCUT2D eigenvalue weighted by atomic mass is 9.99. The van der Waals surface area contributed by atoms with Gasteiger partial charge in [-0.15, -0.1) is 0 Å². The lowest BCUT2D eigenvalue weighted by molar-refractivity contribution is -0.286. The third-order valence-electron chi connectivity index (χ3n) is 4.73. The molecule has 156 valence electrons. The molecule has 0 radical (unpaired) electrons. The van der Waals surface area contributed by atoms with Crippen LogP contribution in [0.1, 0.15) is 21.5 Å². The number of aliphatic hydroxyl groups excluding tert-OH is 4. The van der Waals surface area contributed by atoms with Gasteiger partial charge in [0, 0.05) is 0 Å². The van der Waals surface area contributed by atoms with E-state index in [-0.39, 0.29) is 0 Å². The number of hydrogen-bond donors (Lipinski definition) is 4. The zero-order chi connectivity index (χ0) is 21.0. The van der Waals surface area contributed by atoms with Crippen molar-refractivity contribution < 1.29 is 39.4 Å². The molecule has 2 aromatic carbocycles. The fraction of sp³-hybridized carbons (Fsp3) is 0.381. The third kappa shape index (κ3) is 5.11. The van der Waals surface area contributed by atoms with Crippen LogP contribution in [-0.4, -0.2) is 63.7 Å². The van der Waals surface area contributed by atoms with E-state index in [4.69, 9.17) is 14.2 Å². The number of benzene rings is 2. The van der Waals surface area contributed by atoms with Gasteiger partial charge in [0.2, 0.25) is 0 Å². The summed E-state index contributed by atoms with van der Waals surface area (Å²) in [6, 6.07) is 14.6. The summed E-state index contributed by atoms with van der Waals surface area (Å²) >= 11 is 0. The molecule has 5 atom stereocenters. The summed E-state index contributed by atoms with van der Waals surface area (Å²) in [4.78, 5) is 12.4. The molecule has 3 rings (SSSR count). The van der Waals surface area contributed by atoms with E-state index in [1.54, 1.807) is 25.1 Å². The molecule has 4 N–H and O–H groups in total. The topological polar surface area (TPSA) is 126 Å². The van der Waals surface area contributed by atoms with E-state index >= 15 is 0 Å². The second-order valence-corrected chi connectivity index (χ2v) is 6.89. The minimum absolute atomic E-state index is 0.309. The Balaban J connectivity index is 1.57. The average Bonchev–Trinajstić information content (AvgIpc) is 2.73. The number of carbonyl (C=O) groups is 1. The number of ether oxygens (including phenoxy) is 3. The van der Waals surface area contributed by atoms with Crippen molar-refractivity contribution in [2.45, 2.75) is 44.2 Å². The highest BCUT2D eigenvalue weighted by Gasteiger charge is 2.43. The molecule has 0 aliphatic carbocycles. The molecule has 0 amide bonds. The Morgan fingerprint density at radius 2 is 1.72 bits per heavy atom. The lowest BCUT2D eigenvalue weighted by Gasteiger charge is -2.37. The van der Waals surface area contributed by atoms with Gasteiger partial charge in [-0.3, -0.25) is 0 Å². The molecule has 29 heavy (non-hydrogen) atoms. The number of esters is 1. The molecule has 0 aromatic heterocycles. The average molecular weight is 404 g/mol. The quantitative estimate of drug-likeness (QED) is 0.514. The Bertz CT molecular complexity index is 825. The van der Waals surface area contributed by atoms with E-state index < -0.39 is 43.3 Å². The van der Waals surface area contributed by atoms with Gasteiger partial charge in [0.15, 0.2) is 6.29 Å². The van der Waals surface area contributed by atoms with Gasteiger partial charge in [0.1, 0.15) is 43.4 Å². The second-order valence-electron chi connectivity index (χ2n) is 6.89. The van der Waals surface area contributed by atoms with Crippen LogP contribution in [0.3, 0.4) is 0 Å². The molecule has 0 spiro atoms. The summed E-state index contributed by atoms with van der Waals surface area (Å²) < 4.78 is 15.9. The largest absolute Gasteiger partial charge is 0.489 e. The van der Waals surface area contributed by atoms with Crippen molar-refractivity contribution in [2.75, 3.05) is 6.61 Å². The minimum Gasteiger partial charge on any atom is -0.489 e. The summed E-state index contributed by atoms with van der Waals surface area (Å²) in [6.45, 7) is 1.74. The van der Waals surface area contributed by atoms with Crippen molar-refractivity contribution in [1.82, 2.24) is 0 Å². The Morgan fingerprint density at radius 1 is 1.00 bits per heavy atom. The highest BCUT2D eigenvalue weighted by atomic mass is 16.6. The van der Waals surface area contributed by atoms with Crippen molar-refractivity contribution in [1.29, 1.82) is 0 Å². The number of rotatable bonds is 6. The first kappa shape index (κ1) is 21.2. The summed E-state index contributed by atoms with van der Waals surface area (Å²) in [6.07, 6.45) is -7.59. The first-order chi connectivity index (χ1) is 13.9. The van der Waals surface area contributed by atoms with Crippen LogP contribution in [0.5, 0.6) is 5.75 Å². The monoisotopic (exact) mass is 404 g/mol. The minimum atomic E-state index is -1.68. The van der Waals surface area contributed by atoms with Crippen LogP contribution < -0.4 is 4.74 Å². The van der Waals surface area contributed by atoms with Gasteiger partial charge in [-0.1, -0.05) is 30.3 Å². The van der Waals surface area contributed by atoms with Crippen LogP contribution in [-0.2, 0) is 16.1 Å². The van der Waals surface area contributed by atoms with Gasteiger partial charge in [0.25, 0.3) is 0 Å². The van der Waals surface area contributed by atoms with E-state index in [9.17, 15) is 25.2 Å². The molecule has 1 aliphatic rings. The lowest BCUT2D eigenvalue weighted by Crippen LogP contribution is -2.58. The van der Waals surface area contributed by atoms with E-state index in [0.29, 0.717) is 23.5 Å². The number of aryl methyl sites for hydroxylation is 1. The van der Waals surface area contributed by atoms with E-state index in [1.807, 2.05) is 30.3 Å². The van der Waals surface area contributed by atoms with E-state index in [0.717, 1.165) is 5.56 Å². The van der Waals surface area contributed by atoms with Crippen molar-refractivity contribution in [2.24, 2.45) is 0 Å². The number of carbonyl (C=O) groups excluding carboxylic acids is 1. The maximum Gasteiger partial charge on any atom is 0.338 e. The predicted molar refractivity (Wildman–Crippen MR) is 101 cm³/mol. The van der Waals surface area contributed by atoms with Crippen LogP contribution in [0.4, 0.5) is 0 Å². The molecule has 0 saturated carbocycles. The van der Waals surface area contributed by atoms with Crippen molar-refractivity contribution in [3.63, 3.8) is 0 Å². The SMILES string of the molecule is Cc1cc(OCc2ccccc2)ccc1C(=O)OC[C@H]1OC(O)[C@H](O)[C@@H](O)[C@H]1O. The molecular formula is C21H24O8. The van der Waals surface area contributed by atoms with Crippen molar-refractivity contribution in [3.05, 3.63) is 65.2 Å². The van der Waals surface area contributed by atoms with Crippen LogP contribution >= 0.6 is 0 Å². The van der Waals surface area contributed by atoms with Crippen LogP contribution in [0.2, 0.25) is 0 Å². The van der Waals surface area contributed by atoms with Crippen molar-refractivity contribution >= 4 is 5.97 Å². The first-order valence-electron chi connectivity index (χ1n) is 9.19. The van der Waals surface area contributed by atoms with Crippen LogP contribution in [0, 0.1) is 6.92 Å². The van der Waals surface area contributed by atoms with Gasteiger partial charge >= 0.3 is 5.97 Å². The van der Waals surface area contributed by atoms with E-state index in [1.165, 1.54) is 0 Å². The molecule has 1 fully saturated rings. The Kier molecular flexibility index (Phi) is 6.83. The highest BCUT2D eigenvalue weighted by molar-refractivity contribution is 5.91. The van der Waals surface area contributed by atoms with Gasteiger partial charge in [0.05, 0.1) is 5.56 Å². The zero-order valence-corrected chi connectivity index (χ0v) is 15.8. The maximum atomic E-state index is 12.4. The Hall–Kier alpha value is -2.49. The molecule has 2 aromatic rings. The second kappa shape index (κ2) is 9.34. The molecule has 1 saturated heterocycles. The predicted octanol–water partition coefficient (Wildman–Crippen LogP) is 0.531. The van der Waals surface area contributed by atoms with E-state index in [2.05, 4.69) is 0 Å². The highest BCUT2D eigenvalue weighted by Crippen LogP contribution is 2.22. The Labute approximate surface area is 167 Å². The normalized spacial score (nSPS) is 26.7. The molecule has 1 heterocycles. The first-order valence-corrected chi connectivity index (χ1v) is 9.19. The Morgan fingerprint density at radius 3 is 2.41 bits per heavy atom. The maximum absolute atomic E-state index is 12.4. The van der Waals surface area contributed by atoms with Crippen LogP contribution in [0.15, 0.2) is 48.5 Å². The van der Waals surface area contributed by atoms with Gasteiger partial charge in [-0.05, 0) is 36.2 Å². The van der Waals surface area contributed by atoms with Crippen LogP contribution in [0.25, 0.3) is 0 Å². The summed E-state index contributed by atoms with van der Waals surface area (Å²) in [5.74, 6) is -0.0443. The fourth-order valence-corrected chi connectivity index (χ4v) is 3.00. The fourth-order valence-electron chi connectivity index (χ4n) is 3.00. The summed E-state index contributed by atoms with van der Waals surface area (Å²) in [5.41, 5.74) is 1.97. The van der Waals surface area contributed by atoms with Crippen molar-refractivity contribution in [3.8, 4) is 5.75 Å². The summed E-state index contributed by atoms with van der Waals surface area (Å²) in [7, 11) is 0. The van der Waals surface area contributed by atoms with Gasteiger partial charge < -0.3 is 34.6 Å². The summed E-state index contributed by atoms with van der Waals surface area (Å²) in [5, 5.41) is 38.6. The molecule has 8 heteroatoms. The molecule has 1 aliphatic heterocycles. The molecular weight excluding hydrogens is 380 g/mol.